The number of carbonyl (C=O) groups is 1. The molecule has 168 valence electrons. The molecule has 0 spiro atoms. The minimum Gasteiger partial charge on any atom is -0.494 e. The predicted molar refractivity (Wildman–Crippen MR) is 132 cm³/mol. The monoisotopic (exact) mass is 471 g/mol. The molecular weight excluding hydrogens is 445 g/mol. The Bertz CT molecular complexity index is 1010. The van der Waals surface area contributed by atoms with Crippen molar-refractivity contribution in [1.82, 2.24) is 0 Å². The standard InChI is InChI=1S/C26H27Cl2NO3/c1-2-3-4-5-6-7-16-31-22-13-8-19(9-14-22)17-24-26(30)32-25(29-24)15-11-20-10-12-21(27)18-23(20)28/h8-15,17-18H,2-7,16H2,1H3/b15-11+,24-17-. The summed E-state index contributed by atoms with van der Waals surface area (Å²) in [5.41, 5.74) is 1.84. The van der Waals surface area contributed by atoms with Gasteiger partial charge >= 0.3 is 5.97 Å². The molecule has 0 saturated carbocycles. The summed E-state index contributed by atoms with van der Waals surface area (Å²) in [6.07, 6.45) is 12.4. The number of rotatable bonds is 11. The Morgan fingerprint density at radius 2 is 1.72 bits per heavy atom. The van der Waals surface area contributed by atoms with Gasteiger partial charge in [0.05, 0.1) is 6.61 Å². The highest BCUT2D eigenvalue weighted by Crippen LogP contribution is 2.23. The molecule has 4 nitrogen and oxygen atoms in total. The molecule has 1 aliphatic heterocycles. The third-order valence-corrected chi connectivity index (χ3v) is 5.52. The first-order valence-electron chi connectivity index (χ1n) is 10.9. The van der Waals surface area contributed by atoms with E-state index in [1.54, 1.807) is 36.4 Å². The second-order valence-corrected chi connectivity index (χ2v) is 8.40. The molecule has 0 N–H and O–H groups in total. The molecule has 2 aromatic rings. The minimum absolute atomic E-state index is 0.214. The van der Waals surface area contributed by atoms with Crippen LogP contribution in [0.4, 0.5) is 0 Å². The maximum absolute atomic E-state index is 12.1. The van der Waals surface area contributed by atoms with Gasteiger partial charge in [0.15, 0.2) is 5.70 Å². The summed E-state index contributed by atoms with van der Waals surface area (Å²) in [5, 5.41) is 1.06. The summed E-state index contributed by atoms with van der Waals surface area (Å²) < 4.78 is 11.0. The second-order valence-electron chi connectivity index (χ2n) is 7.55. The van der Waals surface area contributed by atoms with Crippen LogP contribution in [0.3, 0.4) is 0 Å². The molecule has 0 aromatic heterocycles. The van der Waals surface area contributed by atoms with E-state index in [9.17, 15) is 4.79 Å². The normalized spacial score (nSPS) is 14.8. The van der Waals surface area contributed by atoms with Gasteiger partial charge in [-0.2, -0.15) is 0 Å². The summed E-state index contributed by atoms with van der Waals surface area (Å²) in [6, 6.07) is 12.8. The number of esters is 1. The van der Waals surface area contributed by atoms with Gasteiger partial charge in [-0.05, 0) is 54.0 Å². The molecule has 0 saturated heterocycles. The Hall–Kier alpha value is -2.56. The molecule has 0 fully saturated rings. The van der Waals surface area contributed by atoms with E-state index in [1.807, 2.05) is 24.3 Å². The number of unbranched alkanes of at least 4 members (excludes halogenated alkanes) is 5. The molecule has 3 rings (SSSR count). The Morgan fingerprint density at radius 3 is 2.47 bits per heavy atom. The highest BCUT2D eigenvalue weighted by atomic mass is 35.5. The highest BCUT2D eigenvalue weighted by molar-refractivity contribution is 6.35. The summed E-state index contributed by atoms with van der Waals surface area (Å²) in [7, 11) is 0. The number of hydrogen-bond acceptors (Lipinski definition) is 4. The number of aliphatic imine (C=N–C) groups is 1. The zero-order chi connectivity index (χ0) is 22.8. The molecule has 0 atom stereocenters. The first kappa shape index (κ1) is 24.1. The van der Waals surface area contributed by atoms with Crippen LogP contribution in [0.5, 0.6) is 5.75 Å². The van der Waals surface area contributed by atoms with Crippen LogP contribution >= 0.6 is 23.2 Å². The fourth-order valence-electron chi connectivity index (χ4n) is 3.19. The first-order chi connectivity index (χ1) is 15.5. The summed E-state index contributed by atoms with van der Waals surface area (Å²) in [5.74, 6) is 0.545. The van der Waals surface area contributed by atoms with Crippen LogP contribution in [0.1, 0.15) is 56.6 Å². The van der Waals surface area contributed by atoms with Gasteiger partial charge in [-0.3, -0.25) is 0 Å². The van der Waals surface area contributed by atoms with E-state index < -0.39 is 5.97 Å². The van der Waals surface area contributed by atoms with Crippen LogP contribution in [0.25, 0.3) is 12.2 Å². The Balaban J connectivity index is 1.53. The number of ether oxygens (including phenoxy) is 2. The van der Waals surface area contributed by atoms with E-state index in [2.05, 4.69) is 11.9 Å². The summed E-state index contributed by atoms with van der Waals surface area (Å²) >= 11 is 12.1. The molecule has 2 aromatic carbocycles. The lowest BCUT2D eigenvalue weighted by Gasteiger charge is -2.06. The average Bonchev–Trinajstić information content (AvgIpc) is 3.12. The Labute approximate surface area is 199 Å². The van der Waals surface area contributed by atoms with Gasteiger partial charge in [-0.15, -0.1) is 0 Å². The Kier molecular flexibility index (Phi) is 9.39. The zero-order valence-corrected chi connectivity index (χ0v) is 19.7. The van der Waals surface area contributed by atoms with Crippen molar-refractivity contribution in [2.75, 3.05) is 6.61 Å². The van der Waals surface area contributed by atoms with Gasteiger partial charge in [0.25, 0.3) is 0 Å². The van der Waals surface area contributed by atoms with Gasteiger partial charge in [-0.1, -0.05) is 80.4 Å². The van der Waals surface area contributed by atoms with E-state index >= 15 is 0 Å². The summed E-state index contributed by atoms with van der Waals surface area (Å²) in [4.78, 5) is 16.4. The van der Waals surface area contributed by atoms with Crippen molar-refractivity contribution < 1.29 is 14.3 Å². The van der Waals surface area contributed by atoms with Crippen molar-refractivity contribution in [1.29, 1.82) is 0 Å². The van der Waals surface area contributed by atoms with Crippen molar-refractivity contribution in [3.8, 4) is 5.75 Å². The number of hydrogen-bond donors (Lipinski definition) is 0. The largest absolute Gasteiger partial charge is 0.494 e. The SMILES string of the molecule is CCCCCCCCOc1ccc(/C=C2N=C(/C=C/c3ccc(Cl)cc3Cl)OC\2=O)cc1. The van der Waals surface area contributed by atoms with Crippen molar-refractivity contribution in [3.05, 3.63) is 75.4 Å². The van der Waals surface area contributed by atoms with E-state index in [1.165, 1.54) is 32.1 Å². The van der Waals surface area contributed by atoms with Crippen molar-refractivity contribution >= 4 is 47.2 Å². The third kappa shape index (κ3) is 7.54. The fraction of sp³-hybridized carbons (Fsp3) is 0.308. The molecule has 0 bridgehead atoms. The van der Waals surface area contributed by atoms with Crippen LogP contribution in [0, 0.1) is 0 Å². The van der Waals surface area contributed by atoms with Gasteiger partial charge in [0.2, 0.25) is 5.90 Å². The van der Waals surface area contributed by atoms with E-state index in [4.69, 9.17) is 32.7 Å². The van der Waals surface area contributed by atoms with Crippen LogP contribution < -0.4 is 4.74 Å². The van der Waals surface area contributed by atoms with Crippen LogP contribution in [0.2, 0.25) is 10.0 Å². The molecular formula is C26H27Cl2NO3. The topological polar surface area (TPSA) is 47.9 Å². The number of cyclic esters (lactones) is 1. The smallest absolute Gasteiger partial charge is 0.363 e. The number of benzene rings is 2. The summed E-state index contributed by atoms with van der Waals surface area (Å²) in [6.45, 7) is 2.94. The van der Waals surface area contributed by atoms with Crippen molar-refractivity contribution in [2.24, 2.45) is 4.99 Å². The van der Waals surface area contributed by atoms with Crippen LogP contribution in [-0.4, -0.2) is 18.5 Å². The van der Waals surface area contributed by atoms with E-state index in [0.717, 1.165) is 29.9 Å². The zero-order valence-electron chi connectivity index (χ0n) is 18.2. The molecule has 32 heavy (non-hydrogen) atoms. The molecule has 0 radical (unpaired) electrons. The lowest BCUT2D eigenvalue weighted by molar-refractivity contribution is -0.129. The number of halogens is 2. The number of carbonyl (C=O) groups excluding carboxylic acids is 1. The molecule has 0 aliphatic carbocycles. The molecule has 1 heterocycles. The van der Waals surface area contributed by atoms with Crippen molar-refractivity contribution in [3.63, 3.8) is 0 Å². The lowest BCUT2D eigenvalue weighted by Crippen LogP contribution is -2.01. The van der Waals surface area contributed by atoms with Crippen LogP contribution in [0.15, 0.2) is 59.2 Å². The van der Waals surface area contributed by atoms with Gasteiger partial charge < -0.3 is 9.47 Å². The molecule has 6 heteroatoms. The predicted octanol–water partition coefficient (Wildman–Crippen LogP) is 7.74. The van der Waals surface area contributed by atoms with Gasteiger partial charge in [-0.25, -0.2) is 9.79 Å². The molecule has 0 amide bonds. The highest BCUT2D eigenvalue weighted by Gasteiger charge is 2.21. The third-order valence-electron chi connectivity index (χ3n) is 4.96. The number of nitrogens with zero attached hydrogens (tertiary/aromatic N) is 1. The van der Waals surface area contributed by atoms with E-state index in [0.29, 0.717) is 10.0 Å². The fourth-order valence-corrected chi connectivity index (χ4v) is 3.66. The molecule has 1 aliphatic rings. The Morgan fingerprint density at radius 1 is 0.969 bits per heavy atom. The minimum atomic E-state index is -0.491. The second kappa shape index (κ2) is 12.5. The molecule has 0 unspecified atom stereocenters. The maximum atomic E-state index is 12.1. The van der Waals surface area contributed by atoms with Crippen molar-refractivity contribution in [2.45, 2.75) is 45.4 Å². The quantitative estimate of drug-likeness (QED) is 0.191. The average molecular weight is 472 g/mol. The maximum Gasteiger partial charge on any atom is 0.363 e. The van der Waals surface area contributed by atoms with E-state index in [-0.39, 0.29) is 11.6 Å². The first-order valence-corrected chi connectivity index (χ1v) is 11.7. The van der Waals surface area contributed by atoms with Crippen LogP contribution in [-0.2, 0) is 9.53 Å². The lowest BCUT2D eigenvalue weighted by atomic mass is 10.1. The van der Waals surface area contributed by atoms with Gasteiger partial charge in [0, 0.05) is 16.1 Å². The van der Waals surface area contributed by atoms with Gasteiger partial charge in [0.1, 0.15) is 5.75 Å².